The molecule has 9 heteroatoms. The number of carbonyl (C=O) groups is 1. The maximum atomic E-state index is 11.2. The zero-order valence-electron chi connectivity index (χ0n) is 11.2. The van der Waals surface area contributed by atoms with Gasteiger partial charge in [-0.05, 0) is 31.3 Å². The summed E-state index contributed by atoms with van der Waals surface area (Å²) in [5, 5.41) is 8.14. The second kappa shape index (κ2) is 7.89. The largest absolute Gasteiger partial charge is 0.453 e. The van der Waals surface area contributed by atoms with Gasteiger partial charge in [0, 0.05) is 5.69 Å². The third kappa shape index (κ3) is 6.56. The van der Waals surface area contributed by atoms with Crippen LogP contribution in [0.15, 0.2) is 24.3 Å². The number of benzene rings is 1. The van der Waals surface area contributed by atoms with E-state index in [1.54, 1.807) is 0 Å². The lowest BCUT2D eigenvalue weighted by Gasteiger charge is -2.27. The quantitative estimate of drug-likeness (QED) is 0.433. The minimum absolute atomic E-state index is 0.187. The first-order valence-electron chi connectivity index (χ1n) is 5.77. The molecule has 0 fully saturated rings. The first-order valence-corrected chi connectivity index (χ1v) is 7.32. The standard InChI is InChI=1S/C12H14Cl3N3O2S/c1-7-3-5-8(6-4-7)16-10(21)17-9(12(13,14)15)18-11(19)20-2/h3-6,9H,1-2H3,(H,18,19)(H2,16,17,21). The highest BCUT2D eigenvalue weighted by molar-refractivity contribution is 7.80. The molecule has 1 aromatic rings. The lowest BCUT2D eigenvalue weighted by Crippen LogP contribution is -2.56. The second-order valence-electron chi connectivity index (χ2n) is 4.08. The average Bonchev–Trinajstić information content (AvgIpc) is 2.39. The molecule has 1 atom stereocenters. The van der Waals surface area contributed by atoms with Gasteiger partial charge in [0.1, 0.15) is 0 Å². The summed E-state index contributed by atoms with van der Waals surface area (Å²) in [7, 11) is 1.20. The number of thiocarbonyl (C=S) groups is 1. The van der Waals surface area contributed by atoms with Crippen molar-refractivity contribution < 1.29 is 9.53 Å². The minimum Gasteiger partial charge on any atom is -0.453 e. The van der Waals surface area contributed by atoms with Crippen LogP contribution in [0.4, 0.5) is 10.5 Å². The molecule has 1 rings (SSSR count). The molecular formula is C12H14Cl3N3O2S. The SMILES string of the molecule is COC(=O)NC(NC(=S)Nc1ccc(C)cc1)C(Cl)(Cl)Cl. The number of nitrogens with one attached hydrogen (secondary N) is 3. The zero-order valence-corrected chi connectivity index (χ0v) is 14.3. The topological polar surface area (TPSA) is 62.4 Å². The molecule has 0 radical (unpaired) electrons. The number of amides is 1. The summed E-state index contributed by atoms with van der Waals surface area (Å²) < 4.78 is 2.65. The highest BCUT2D eigenvalue weighted by atomic mass is 35.6. The first-order chi connectivity index (χ1) is 9.72. The van der Waals surface area contributed by atoms with Gasteiger partial charge in [0.2, 0.25) is 3.79 Å². The van der Waals surface area contributed by atoms with Crippen molar-refractivity contribution in [3.63, 3.8) is 0 Å². The number of alkyl halides is 3. The average molecular weight is 371 g/mol. The van der Waals surface area contributed by atoms with Crippen LogP contribution in [0.3, 0.4) is 0 Å². The number of halogens is 3. The van der Waals surface area contributed by atoms with Crippen LogP contribution in [0.25, 0.3) is 0 Å². The lowest BCUT2D eigenvalue weighted by atomic mass is 10.2. The van der Waals surface area contributed by atoms with Gasteiger partial charge in [-0.3, -0.25) is 5.32 Å². The molecule has 0 aromatic heterocycles. The number of methoxy groups -OCH3 is 1. The molecule has 0 bridgehead atoms. The van der Waals surface area contributed by atoms with E-state index >= 15 is 0 Å². The lowest BCUT2D eigenvalue weighted by molar-refractivity contribution is 0.166. The molecular weight excluding hydrogens is 357 g/mol. The molecule has 1 aromatic carbocycles. The van der Waals surface area contributed by atoms with Crippen molar-refractivity contribution in [2.45, 2.75) is 16.9 Å². The molecule has 1 amide bonds. The molecule has 0 aliphatic rings. The molecule has 0 spiro atoms. The van der Waals surface area contributed by atoms with Crippen LogP contribution in [0.2, 0.25) is 0 Å². The van der Waals surface area contributed by atoms with E-state index < -0.39 is 16.1 Å². The van der Waals surface area contributed by atoms with Gasteiger partial charge in [-0.2, -0.15) is 0 Å². The smallest absolute Gasteiger partial charge is 0.408 e. The van der Waals surface area contributed by atoms with Gasteiger partial charge >= 0.3 is 6.09 Å². The molecule has 0 aliphatic carbocycles. The van der Waals surface area contributed by atoms with Crippen LogP contribution in [-0.4, -0.2) is 28.3 Å². The van der Waals surface area contributed by atoms with Crippen LogP contribution in [0.1, 0.15) is 5.56 Å². The summed E-state index contributed by atoms with van der Waals surface area (Å²) in [5.41, 5.74) is 1.88. The Bertz CT molecular complexity index is 505. The summed E-state index contributed by atoms with van der Waals surface area (Å²) in [6.07, 6.45) is -1.81. The number of aryl methyl sites for hydroxylation is 1. The highest BCUT2D eigenvalue weighted by Crippen LogP contribution is 2.29. The van der Waals surface area contributed by atoms with Gasteiger partial charge < -0.3 is 15.4 Å². The van der Waals surface area contributed by atoms with Crippen molar-refractivity contribution in [2.75, 3.05) is 12.4 Å². The van der Waals surface area contributed by atoms with Crippen LogP contribution in [0.5, 0.6) is 0 Å². The van der Waals surface area contributed by atoms with Gasteiger partial charge in [0.05, 0.1) is 7.11 Å². The molecule has 1 unspecified atom stereocenters. The molecule has 0 heterocycles. The number of hydrogen-bond donors (Lipinski definition) is 3. The van der Waals surface area contributed by atoms with E-state index in [4.69, 9.17) is 47.0 Å². The van der Waals surface area contributed by atoms with Crippen LogP contribution in [0, 0.1) is 6.92 Å². The van der Waals surface area contributed by atoms with E-state index in [9.17, 15) is 4.79 Å². The third-order valence-electron chi connectivity index (χ3n) is 2.36. The Balaban J connectivity index is 2.67. The summed E-state index contributed by atoms with van der Waals surface area (Å²) in [6, 6.07) is 7.54. The van der Waals surface area contributed by atoms with E-state index in [0.29, 0.717) is 0 Å². The zero-order chi connectivity index (χ0) is 16.0. The van der Waals surface area contributed by atoms with Crippen molar-refractivity contribution in [1.29, 1.82) is 0 Å². The number of hydrogen-bond acceptors (Lipinski definition) is 3. The fourth-order valence-corrected chi connectivity index (χ4v) is 1.87. The normalized spacial score (nSPS) is 12.2. The van der Waals surface area contributed by atoms with Crippen LogP contribution in [-0.2, 0) is 4.74 Å². The highest BCUT2D eigenvalue weighted by Gasteiger charge is 2.34. The summed E-state index contributed by atoms with van der Waals surface area (Å²) in [4.78, 5) is 11.2. The first kappa shape index (κ1) is 18.1. The molecule has 5 nitrogen and oxygen atoms in total. The van der Waals surface area contributed by atoms with Crippen molar-refractivity contribution in [3.8, 4) is 0 Å². The second-order valence-corrected chi connectivity index (χ2v) is 6.85. The molecule has 0 saturated heterocycles. The number of carbonyl (C=O) groups excluding carboxylic acids is 1. The van der Waals surface area contributed by atoms with E-state index in [0.717, 1.165) is 11.3 Å². The maximum Gasteiger partial charge on any atom is 0.408 e. The van der Waals surface area contributed by atoms with E-state index in [-0.39, 0.29) is 5.11 Å². The maximum absolute atomic E-state index is 11.2. The minimum atomic E-state index is -1.81. The third-order valence-corrected chi connectivity index (χ3v) is 3.23. The monoisotopic (exact) mass is 369 g/mol. The van der Waals surface area contributed by atoms with Gasteiger partial charge in [-0.1, -0.05) is 52.5 Å². The van der Waals surface area contributed by atoms with Crippen molar-refractivity contribution in [1.82, 2.24) is 10.6 Å². The van der Waals surface area contributed by atoms with E-state index in [2.05, 4.69) is 20.7 Å². The van der Waals surface area contributed by atoms with Gasteiger partial charge in [-0.25, -0.2) is 4.79 Å². The van der Waals surface area contributed by atoms with E-state index in [1.807, 2.05) is 31.2 Å². The van der Waals surface area contributed by atoms with Gasteiger partial charge in [0.25, 0.3) is 0 Å². The van der Waals surface area contributed by atoms with Gasteiger partial charge in [0.15, 0.2) is 11.3 Å². The Morgan fingerprint density at radius 1 is 1.24 bits per heavy atom. The predicted molar refractivity (Wildman–Crippen MR) is 90.2 cm³/mol. The summed E-state index contributed by atoms with van der Waals surface area (Å²) >= 11 is 22.4. The van der Waals surface area contributed by atoms with Crippen molar-refractivity contribution >= 4 is 63.9 Å². The van der Waals surface area contributed by atoms with E-state index in [1.165, 1.54) is 7.11 Å². The number of rotatable bonds is 3. The number of anilines is 1. The molecule has 0 saturated carbocycles. The molecule has 0 aliphatic heterocycles. The van der Waals surface area contributed by atoms with Crippen LogP contribution < -0.4 is 16.0 Å². The Morgan fingerprint density at radius 2 is 1.81 bits per heavy atom. The predicted octanol–water partition coefficient (Wildman–Crippen LogP) is 3.33. The Morgan fingerprint density at radius 3 is 2.29 bits per heavy atom. The summed E-state index contributed by atoms with van der Waals surface area (Å²) in [5.74, 6) is 0. The Hall–Kier alpha value is -0.950. The Labute approximate surface area is 143 Å². The number of alkyl carbamates (subject to hydrolysis) is 1. The Kier molecular flexibility index (Phi) is 6.80. The van der Waals surface area contributed by atoms with Gasteiger partial charge in [-0.15, -0.1) is 0 Å². The van der Waals surface area contributed by atoms with Crippen molar-refractivity contribution in [3.05, 3.63) is 29.8 Å². The van der Waals surface area contributed by atoms with Crippen LogP contribution >= 0.6 is 47.0 Å². The fraction of sp³-hybridized carbons (Fsp3) is 0.333. The molecule has 3 N–H and O–H groups in total. The fourth-order valence-electron chi connectivity index (χ4n) is 1.31. The van der Waals surface area contributed by atoms with Crippen molar-refractivity contribution in [2.24, 2.45) is 0 Å². The molecule has 21 heavy (non-hydrogen) atoms. The number of ether oxygens (including phenoxy) is 1. The molecule has 116 valence electrons. The summed E-state index contributed by atoms with van der Waals surface area (Å²) in [6.45, 7) is 1.97.